The number of hydrogen-bond acceptors (Lipinski definition) is 4. The van der Waals surface area contributed by atoms with Crippen molar-refractivity contribution >= 4 is 11.6 Å². The van der Waals surface area contributed by atoms with Crippen molar-refractivity contribution in [3.05, 3.63) is 65.9 Å². The van der Waals surface area contributed by atoms with Crippen molar-refractivity contribution in [2.75, 3.05) is 31.1 Å². The minimum atomic E-state index is -0.139. The van der Waals surface area contributed by atoms with Crippen molar-refractivity contribution < 1.29 is 9.53 Å². The van der Waals surface area contributed by atoms with Crippen LogP contribution in [0.4, 0.5) is 5.69 Å². The van der Waals surface area contributed by atoms with Gasteiger partial charge in [0.1, 0.15) is 11.4 Å². The molecule has 0 aliphatic carbocycles. The van der Waals surface area contributed by atoms with Crippen LogP contribution in [0.25, 0.3) is 11.3 Å². The van der Waals surface area contributed by atoms with Gasteiger partial charge in [-0.25, -0.2) is 0 Å². The predicted octanol–water partition coefficient (Wildman–Crippen LogP) is 3.66. The molecule has 0 fully saturated rings. The van der Waals surface area contributed by atoms with Gasteiger partial charge in [0.05, 0.1) is 12.3 Å². The lowest BCUT2D eigenvalue weighted by Crippen LogP contribution is -2.37. The summed E-state index contributed by atoms with van der Waals surface area (Å²) in [5.74, 6) is 0.684. The van der Waals surface area contributed by atoms with E-state index in [1.54, 1.807) is 6.07 Å². The molecule has 2 N–H and O–H groups in total. The van der Waals surface area contributed by atoms with Crippen molar-refractivity contribution in [1.29, 1.82) is 0 Å². The molecule has 0 spiro atoms. The Balaban J connectivity index is 1.33. The van der Waals surface area contributed by atoms with Gasteiger partial charge in [-0.1, -0.05) is 18.2 Å². The monoisotopic (exact) mass is 390 g/mol. The molecule has 0 bridgehead atoms. The lowest BCUT2D eigenvalue weighted by molar-refractivity contribution is 0.0949. The molecule has 1 amide bonds. The van der Waals surface area contributed by atoms with Crippen LogP contribution in [0.3, 0.4) is 0 Å². The number of aromatic nitrogens is 2. The molecule has 1 aliphatic heterocycles. The molecule has 0 radical (unpaired) electrons. The molecule has 1 aromatic heterocycles. The van der Waals surface area contributed by atoms with Crippen LogP contribution in [-0.2, 0) is 6.42 Å². The molecule has 6 heteroatoms. The van der Waals surface area contributed by atoms with E-state index in [1.165, 1.54) is 11.3 Å². The van der Waals surface area contributed by atoms with Gasteiger partial charge >= 0.3 is 0 Å². The van der Waals surface area contributed by atoms with Crippen molar-refractivity contribution in [3.8, 4) is 17.0 Å². The number of aromatic amines is 1. The van der Waals surface area contributed by atoms with E-state index in [9.17, 15) is 4.79 Å². The van der Waals surface area contributed by atoms with Gasteiger partial charge in [-0.15, -0.1) is 0 Å². The first-order chi connectivity index (χ1) is 14.2. The highest BCUT2D eigenvalue weighted by Gasteiger charge is 2.16. The third-order valence-corrected chi connectivity index (χ3v) is 5.16. The van der Waals surface area contributed by atoms with E-state index in [2.05, 4.69) is 44.7 Å². The number of fused-ring (bicyclic) bond motifs is 1. The number of hydrogen-bond donors (Lipinski definition) is 2. The first kappa shape index (κ1) is 19.1. The van der Waals surface area contributed by atoms with Gasteiger partial charge in [-0.05, 0) is 61.7 Å². The maximum absolute atomic E-state index is 12.5. The number of aryl methyl sites for hydroxylation is 1. The summed E-state index contributed by atoms with van der Waals surface area (Å²) in [6, 6.07) is 18.0. The molecule has 0 saturated heterocycles. The van der Waals surface area contributed by atoms with Crippen LogP contribution >= 0.6 is 0 Å². The SMILES string of the molecule is CCOc1ccc(-c2cc(C(=O)NCCN3CCCc4ccccc43)[nH]n2)cc1. The van der Waals surface area contributed by atoms with Crippen LogP contribution in [0.2, 0.25) is 0 Å². The highest BCUT2D eigenvalue weighted by Crippen LogP contribution is 2.26. The number of amides is 1. The maximum Gasteiger partial charge on any atom is 0.269 e. The zero-order valence-corrected chi connectivity index (χ0v) is 16.6. The highest BCUT2D eigenvalue weighted by molar-refractivity contribution is 5.93. The second-order valence-electron chi connectivity index (χ2n) is 7.10. The van der Waals surface area contributed by atoms with Gasteiger partial charge in [0.2, 0.25) is 0 Å². The number of ether oxygens (including phenoxy) is 1. The number of benzene rings is 2. The fourth-order valence-corrected chi connectivity index (χ4v) is 3.72. The highest BCUT2D eigenvalue weighted by atomic mass is 16.5. The fraction of sp³-hybridized carbons (Fsp3) is 0.304. The number of nitrogens with one attached hydrogen (secondary N) is 2. The summed E-state index contributed by atoms with van der Waals surface area (Å²) in [4.78, 5) is 14.8. The maximum atomic E-state index is 12.5. The summed E-state index contributed by atoms with van der Waals surface area (Å²) in [6.07, 6.45) is 2.28. The number of para-hydroxylation sites is 1. The minimum absolute atomic E-state index is 0.139. The molecule has 0 atom stereocenters. The van der Waals surface area contributed by atoms with Crippen molar-refractivity contribution in [1.82, 2.24) is 15.5 Å². The average Bonchev–Trinajstić information content (AvgIpc) is 3.25. The Bertz CT molecular complexity index is 965. The summed E-state index contributed by atoms with van der Waals surface area (Å²) in [7, 11) is 0. The first-order valence-electron chi connectivity index (χ1n) is 10.1. The summed E-state index contributed by atoms with van der Waals surface area (Å²) < 4.78 is 5.46. The zero-order chi connectivity index (χ0) is 20.1. The van der Waals surface area contributed by atoms with Crippen LogP contribution in [-0.4, -0.2) is 42.3 Å². The smallest absolute Gasteiger partial charge is 0.269 e. The van der Waals surface area contributed by atoms with Crippen LogP contribution in [0.15, 0.2) is 54.6 Å². The topological polar surface area (TPSA) is 70.2 Å². The Morgan fingerprint density at radius 1 is 1.21 bits per heavy atom. The molecule has 29 heavy (non-hydrogen) atoms. The molecule has 1 aliphatic rings. The van der Waals surface area contributed by atoms with Crippen molar-refractivity contribution in [2.24, 2.45) is 0 Å². The van der Waals surface area contributed by atoms with Gasteiger partial charge in [0.15, 0.2) is 0 Å². The van der Waals surface area contributed by atoms with Crippen LogP contribution in [0.1, 0.15) is 29.4 Å². The van der Waals surface area contributed by atoms with E-state index in [0.29, 0.717) is 18.8 Å². The Hall–Kier alpha value is -3.28. The Morgan fingerprint density at radius 2 is 2.03 bits per heavy atom. The largest absolute Gasteiger partial charge is 0.494 e. The van der Waals surface area contributed by atoms with E-state index >= 15 is 0 Å². The second kappa shape index (κ2) is 8.82. The predicted molar refractivity (Wildman–Crippen MR) is 115 cm³/mol. The molecule has 6 nitrogen and oxygen atoms in total. The molecule has 150 valence electrons. The second-order valence-corrected chi connectivity index (χ2v) is 7.10. The Labute approximate surface area is 170 Å². The molecule has 4 rings (SSSR count). The van der Waals surface area contributed by atoms with Crippen LogP contribution in [0.5, 0.6) is 5.75 Å². The number of H-pyrrole nitrogens is 1. The molecule has 0 saturated carbocycles. The zero-order valence-electron chi connectivity index (χ0n) is 16.6. The number of carbonyl (C=O) groups excluding carboxylic acids is 1. The standard InChI is InChI=1S/C23H26N4O2/c1-2-29-19-11-9-17(10-12-19)20-16-21(26-25-20)23(28)24-13-15-27-14-5-7-18-6-3-4-8-22(18)27/h3-4,6,8-12,16H,2,5,7,13-15H2,1H3,(H,24,28)(H,25,26). The summed E-state index contributed by atoms with van der Waals surface area (Å²) in [5, 5.41) is 10.1. The van der Waals surface area contributed by atoms with Gasteiger partial charge < -0.3 is 15.0 Å². The number of nitrogens with zero attached hydrogens (tertiary/aromatic N) is 2. The third-order valence-electron chi connectivity index (χ3n) is 5.16. The molecule has 0 unspecified atom stereocenters. The van der Waals surface area contributed by atoms with E-state index in [-0.39, 0.29) is 5.91 Å². The molecular weight excluding hydrogens is 364 g/mol. The average molecular weight is 390 g/mol. The van der Waals surface area contributed by atoms with Gasteiger partial charge in [0, 0.05) is 30.9 Å². The van der Waals surface area contributed by atoms with Gasteiger partial charge in [0.25, 0.3) is 5.91 Å². The normalized spacial score (nSPS) is 13.1. The fourth-order valence-electron chi connectivity index (χ4n) is 3.72. The van der Waals surface area contributed by atoms with Crippen LogP contribution < -0.4 is 15.0 Å². The van der Waals surface area contributed by atoms with E-state index < -0.39 is 0 Å². The van der Waals surface area contributed by atoms with Crippen LogP contribution in [0, 0.1) is 0 Å². The molecular formula is C23H26N4O2. The summed E-state index contributed by atoms with van der Waals surface area (Å²) in [5.41, 5.74) is 4.82. The van der Waals surface area contributed by atoms with Gasteiger partial charge in [-0.2, -0.15) is 5.10 Å². The Kier molecular flexibility index (Phi) is 5.79. The number of rotatable bonds is 7. The summed E-state index contributed by atoms with van der Waals surface area (Å²) >= 11 is 0. The van der Waals surface area contributed by atoms with Gasteiger partial charge in [-0.3, -0.25) is 9.89 Å². The van der Waals surface area contributed by atoms with E-state index in [0.717, 1.165) is 42.9 Å². The molecule has 3 aromatic rings. The van der Waals surface area contributed by atoms with E-state index in [1.807, 2.05) is 31.2 Å². The molecule has 2 heterocycles. The van der Waals surface area contributed by atoms with Crippen molar-refractivity contribution in [3.63, 3.8) is 0 Å². The quantitative estimate of drug-likeness (QED) is 0.646. The lowest BCUT2D eigenvalue weighted by atomic mass is 10.0. The van der Waals surface area contributed by atoms with Crippen molar-refractivity contribution in [2.45, 2.75) is 19.8 Å². The molecule has 2 aromatic carbocycles. The Morgan fingerprint density at radius 3 is 2.86 bits per heavy atom. The number of carbonyl (C=O) groups is 1. The first-order valence-corrected chi connectivity index (χ1v) is 10.1. The van der Waals surface area contributed by atoms with E-state index in [4.69, 9.17) is 4.74 Å². The number of anilines is 1. The minimum Gasteiger partial charge on any atom is -0.494 e. The lowest BCUT2D eigenvalue weighted by Gasteiger charge is -2.31. The summed E-state index contributed by atoms with van der Waals surface area (Å²) in [6.45, 7) is 5.00. The third kappa shape index (κ3) is 4.42.